The van der Waals surface area contributed by atoms with E-state index in [4.69, 9.17) is 5.11 Å². The van der Waals surface area contributed by atoms with E-state index in [1.807, 2.05) is 20.8 Å². The van der Waals surface area contributed by atoms with Crippen LogP contribution in [0.2, 0.25) is 0 Å². The van der Waals surface area contributed by atoms with Gasteiger partial charge in [-0.3, -0.25) is 4.98 Å². The summed E-state index contributed by atoms with van der Waals surface area (Å²) in [7, 11) is 0. The fourth-order valence-electron chi connectivity index (χ4n) is 0.834. The Morgan fingerprint density at radius 2 is 2.00 bits per heavy atom. The Hall–Kier alpha value is -1.12. The van der Waals surface area contributed by atoms with Gasteiger partial charge in [-0.1, -0.05) is 20.8 Å². The zero-order valence-corrected chi connectivity index (χ0v) is 7.43. The SMILES string of the molecule is CC(C)(C)c1cc(F)c(O)cn1. The Bertz CT molecular complexity index is 291. The van der Waals surface area contributed by atoms with E-state index in [1.54, 1.807) is 0 Å². The third-order valence-electron chi connectivity index (χ3n) is 1.60. The van der Waals surface area contributed by atoms with Gasteiger partial charge in [0.2, 0.25) is 0 Å². The molecule has 66 valence electrons. The minimum Gasteiger partial charge on any atom is -0.504 e. The van der Waals surface area contributed by atoms with Crippen LogP contribution in [0.3, 0.4) is 0 Å². The average molecular weight is 169 g/mol. The summed E-state index contributed by atoms with van der Waals surface area (Å²) in [6.07, 6.45) is 1.13. The molecule has 1 rings (SSSR count). The van der Waals surface area contributed by atoms with Gasteiger partial charge in [-0.2, -0.15) is 0 Å². The van der Waals surface area contributed by atoms with Crippen molar-refractivity contribution in [2.45, 2.75) is 26.2 Å². The van der Waals surface area contributed by atoms with Crippen molar-refractivity contribution in [1.82, 2.24) is 4.98 Å². The standard InChI is InChI=1S/C9H12FNO/c1-9(2,3)8-4-6(10)7(12)5-11-8/h4-5,12H,1-3H3. The van der Waals surface area contributed by atoms with E-state index in [1.165, 1.54) is 6.07 Å². The van der Waals surface area contributed by atoms with Gasteiger partial charge in [-0.05, 0) is 6.07 Å². The molecule has 3 heteroatoms. The van der Waals surface area contributed by atoms with E-state index in [-0.39, 0.29) is 5.41 Å². The number of halogens is 1. The molecule has 1 aromatic rings. The summed E-state index contributed by atoms with van der Waals surface area (Å²) in [6.45, 7) is 5.81. The first kappa shape index (κ1) is 8.97. The normalized spacial score (nSPS) is 11.7. The molecule has 1 aromatic heterocycles. The molecular formula is C9H12FNO. The lowest BCUT2D eigenvalue weighted by molar-refractivity contribution is 0.424. The molecule has 0 saturated heterocycles. The number of hydrogen-bond donors (Lipinski definition) is 1. The minimum absolute atomic E-state index is 0.186. The summed E-state index contributed by atoms with van der Waals surface area (Å²) in [4.78, 5) is 3.92. The van der Waals surface area contributed by atoms with Gasteiger partial charge in [0.15, 0.2) is 11.6 Å². The van der Waals surface area contributed by atoms with Gasteiger partial charge in [0.05, 0.1) is 6.20 Å². The molecule has 12 heavy (non-hydrogen) atoms. The van der Waals surface area contributed by atoms with Crippen molar-refractivity contribution < 1.29 is 9.50 Å². The summed E-state index contributed by atoms with van der Waals surface area (Å²) >= 11 is 0. The Kier molecular flexibility index (Phi) is 2.04. The van der Waals surface area contributed by atoms with E-state index >= 15 is 0 Å². The maximum absolute atomic E-state index is 12.8. The summed E-state index contributed by atoms with van der Waals surface area (Å²) in [5.41, 5.74) is 0.451. The molecule has 0 aliphatic rings. The van der Waals surface area contributed by atoms with Gasteiger partial charge < -0.3 is 5.11 Å². The molecule has 0 aromatic carbocycles. The van der Waals surface area contributed by atoms with Crippen LogP contribution in [0.5, 0.6) is 5.75 Å². The number of rotatable bonds is 0. The van der Waals surface area contributed by atoms with Crippen LogP contribution in [0.4, 0.5) is 4.39 Å². The fraction of sp³-hybridized carbons (Fsp3) is 0.444. The van der Waals surface area contributed by atoms with Crippen LogP contribution in [0.25, 0.3) is 0 Å². The van der Waals surface area contributed by atoms with Crippen LogP contribution in [0.15, 0.2) is 12.3 Å². The highest BCUT2D eigenvalue weighted by Crippen LogP contribution is 2.23. The number of pyridine rings is 1. The topological polar surface area (TPSA) is 33.1 Å². The first-order chi connectivity index (χ1) is 5.41. The molecule has 2 nitrogen and oxygen atoms in total. The Morgan fingerprint density at radius 1 is 1.42 bits per heavy atom. The van der Waals surface area contributed by atoms with Crippen LogP contribution >= 0.6 is 0 Å². The van der Waals surface area contributed by atoms with E-state index in [2.05, 4.69) is 4.98 Å². The van der Waals surface area contributed by atoms with Crippen molar-refractivity contribution >= 4 is 0 Å². The highest BCUT2D eigenvalue weighted by molar-refractivity contribution is 5.24. The van der Waals surface area contributed by atoms with Crippen LogP contribution < -0.4 is 0 Å². The first-order valence-electron chi connectivity index (χ1n) is 3.76. The monoisotopic (exact) mass is 169 g/mol. The summed E-state index contributed by atoms with van der Waals surface area (Å²) < 4.78 is 12.8. The van der Waals surface area contributed by atoms with Crippen molar-refractivity contribution in [2.24, 2.45) is 0 Å². The lowest BCUT2D eigenvalue weighted by Gasteiger charge is -2.17. The van der Waals surface area contributed by atoms with Gasteiger partial charge in [-0.25, -0.2) is 4.39 Å². The second kappa shape index (κ2) is 2.73. The zero-order chi connectivity index (χ0) is 9.35. The zero-order valence-electron chi connectivity index (χ0n) is 7.43. The molecule has 0 saturated carbocycles. The van der Waals surface area contributed by atoms with Gasteiger partial charge >= 0.3 is 0 Å². The molecule has 0 radical (unpaired) electrons. The fourth-order valence-corrected chi connectivity index (χ4v) is 0.834. The number of aromatic nitrogens is 1. The molecule has 1 N–H and O–H groups in total. The van der Waals surface area contributed by atoms with Crippen molar-refractivity contribution in [1.29, 1.82) is 0 Å². The van der Waals surface area contributed by atoms with E-state index in [9.17, 15) is 4.39 Å². The molecule has 0 amide bonds. The average Bonchev–Trinajstić information content (AvgIpc) is 1.92. The van der Waals surface area contributed by atoms with E-state index in [0.717, 1.165) is 6.20 Å². The van der Waals surface area contributed by atoms with Gasteiger partial charge in [0.1, 0.15) is 0 Å². The Morgan fingerprint density at radius 3 is 2.42 bits per heavy atom. The van der Waals surface area contributed by atoms with Crippen molar-refractivity contribution in [3.63, 3.8) is 0 Å². The molecule has 0 aliphatic carbocycles. The second-order valence-electron chi connectivity index (χ2n) is 3.77. The van der Waals surface area contributed by atoms with Crippen LogP contribution in [-0.2, 0) is 5.41 Å². The van der Waals surface area contributed by atoms with Gasteiger partial charge in [-0.15, -0.1) is 0 Å². The Balaban J connectivity index is 3.14. The largest absolute Gasteiger partial charge is 0.504 e. The molecule has 0 bridgehead atoms. The van der Waals surface area contributed by atoms with Gasteiger partial charge in [0, 0.05) is 11.1 Å². The predicted molar refractivity (Wildman–Crippen MR) is 44.6 cm³/mol. The second-order valence-corrected chi connectivity index (χ2v) is 3.77. The summed E-state index contributed by atoms with van der Waals surface area (Å²) in [6, 6.07) is 1.26. The molecule has 1 heterocycles. The molecule has 0 unspecified atom stereocenters. The number of nitrogens with zero attached hydrogens (tertiary/aromatic N) is 1. The minimum atomic E-state index is -0.616. The molecule has 0 aliphatic heterocycles. The lowest BCUT2D eigenvalue weighted by atomic mass is 9.92. The predicted octanol–water partition coefficient (Wildman–Crippen LogP) is 2.22. The van der Waals surface area contributed by atoms with Crippen LogP contribution in [0.1, 0.15) is 26.5 Å². The maximum Gasteiger partial charge on any atom is 0.169 e. The van der Waals surface area contributed by atoms with Crippen LogP contribution in [0, 0.1) is 5.82 Å². The third-order valence-corrected chi connectivity index (χ3v) is 1.60. The lowest BCUT2D eigenvalue weighted by Crippen LogP contribution is -2.13. The molecule has 0 fully saturated rings. The Labute approximate surface area is 71.1 Å². The number of aromatic hydroxyl groups is 1. The summed E-state index contributed by atoms with van der Waals surface area (Å²) in [5, 5.41) is 8.87. The molecule has 0 spiro atoms. The highest BCUT2D eigenvalue weighted by atomic mass is 19.1. The summed E-state index contributed by atoms with van der Waals surface area (Å²) in [5.74, 6) is -1.02. The quantitative estimate of drug-likeness (QED) is 0.646. The third kappa shape index (κ3) is 1.72. The maximum atomic E-state index is 12.8. The van der Waals surface area contributed by atoms with E-state index < -0.39 is 11.6 Å². The van der Waals surface area contributed by atoms with Gasteiger partial charge in [0.25, 0.3) is 0 Å². The van der Waals surface area contributed by atoms with Crippen molar-refractivity contribution in [3.05, 3.63) is 23.8 Å². The molecule has 0 atom stereocenters. The van der Waals surface area contributed by atoms with Crippen LogP contribution in [-0.4, -0.2) is 10.1 Å². The molecular weight excluding hydrogens is 157 g/mol. The van der Waals surface area contributed by atoms with Crippen molar-refractivity contribution in [2.75, 3.05) is 0 Å². The number of hydrogen-bond acceptors (Lipinski definition) is 2. The first-order valence-corrected chi connectivity index (χ1v) is 3.76. The van der Waals surface area contributed by atoms with E-state index in [0.29, 0.717) is 5.69 Å². The smallest absolute Gasteiger partial charge is 0.169 e. The highest BCUT2D eigenvalue weighted by Gasteiger charge is 2.16. The van der Waals surface area contributed by atoms with Crippen molar-refractivity contribution in [3.8, 4) is 5.75 Å².